The quantitative estimate of drug-likeness (QED) is 0.531. The molecule has 2 aromatic carbocycles. The Balaban J connectivity index is 0.000000408. The van der Waals surface area contributed by atoms with Crippen LogP contribution >= 0.6 is 17.0 Å². The summed E-state index contributed by atoms with van der Waals surface area (Å²) < 4.78 is 0. The van der Waals surface area contributed by atoms with Crippen LogP contribution in [0.25, 0.3) is 21.9 Å². The van der Waals surface area contributed by atoms with Crippen molar-refractivity contribution in [1.29, 1.82) is 0 Å². The molecule has 0 N–H and O–H groups in total. The van der Waals surface area contributed by atoms with Gasteiger partial charge in [0.25, 0.3) is 0 Å². The van der Waals surface area contributed by atoms with Crippen LogP contribution in [0.3, 0.4) is 0 Å². The van der Waals surface area contributed by atoms with E-state index in [9.17, 15) is 0 Å². The van der Waals surface area contributed by atoms with Gasteiger partial charge in [0.15, 0.2) is 0 Å². The van der Waals surface area contributed by atoms with Gasteiger partial charge in [-0.3, -0.25) is 4.98 Å². The maximum atomic E-state index is 4.93. The van der Waals surface area contributed by atoms with E-state index in [2.05, 4.69) is 54.4 Å². The zero-order valence-corrected chi connectivity index (χ0v) is 14.4. The Bertz CT molecular complexity index is 650. The number of aromatic nitrogens is 1. The molecule has 19 heavy (non-hydrogen) atoms. The molecule has 0 amide bonds. The topological polar surface area (TPSA) is 12.9 Å². The van der Waals surface area contributed by atoms with Crippen LogP contribution in [0.4, 0.5) is 0 Å². The molecule has 4 heteroatoms. The van der Waals surface area contributed by atoms with E-state index < -0.39 is 20.8 Å². The molecule has 1 nitrogen and oxygen atoms in total. The van der Waals surface area contributed by atoms with Crippen molar-refractivity contribution in [3.63, 3.8) is 0 Å². The van der Waals surface area contributed by atoms with E-state index in [-0.39, 0.29) is 0 Å². The maximum absolute atomic E-state index is 4.93. The summed E-state index contributed by atoms with van der Waals surface area (Å²) in [6.07, 6.45) is 3.67. The molecule has 3 aromatic rings. The van der Waals surface area contributed by atoms with Crippen LogP contribution in [0, 0.1) is 6.92 Å². The second kappa shape index (κ2) is 7.29. The Hall–Kier alpha value is -0.557. The first-order valence-electron chi connectivity index (χ1n) is 5.79. The Kier molecular flexibility index (Phi) is 5.69. The normalized spacial score (nSPS) is 9.84. The summed E-state index contributed by atoms with van der Waals surface area (Å²) in [5.74, 6) is 0. The van der Waals surface area contributed by atoms with Crippen LogP contribution in [0.15, 0.2) is 54.9 Å². The number of halogens is 2. The Labute approximate surface area is 131 Å². The van der Waals surface area contributed by atoms with Gasteiger partial charge in [-0.2, -0.15) is 6.07 Å². The molecule has 96 valence electrons. The summed E-state index contributed by atoms with van der Waals surface area (Å²) in [7, 11) is 9.87. The molecule has 1 aromatic heterocycles. The number of hydrogen-bond donors (Lipinski definition) is 0. The van der Waals surface area contributed by atoms with Crippen molar-refractivity contribution >= 4 is 27.8 Å². The van der Waals surface area contributed by atoms with Gasteiger partial charge in [-0.05, 0) is 17.7 Å². The van der Waals surface area contributed by atoms with Crippen molar-refractivity contribution in [2.75, 3.05) is 0 Å². The third-order valence-corrected chi connectivity index (χ3v) is 2.89. The van der Waals surface area contributed by atoms with E-state index in [4.69, 9.17) is 17.0 Å². The second-order valence-corrected chi connectivity index (χ2v) is 7.88. The fourth-order valence-corrected chi connectivity index (χ4v) is 2.17. The first kappa shape index (κ1) is 14.8. The Morgan fingerprint density at radius 3 is 2.47 bits per heavy atom. The molecule has 3 rings (SSSR count). The SMILES string of the molecule is Cc1cc2c(-c3ccncc3)cccc2[cH-]1.[Cl][Zr][Cl]. The zero-order chi connectivity index (χ0) is 13.7. The van der Waals surface area contributed by atoms with Crippen molar-refractivity contribution < 1.29 is 20.8 Å². The average molecular weight is 368 g/mol. The van der Waals surface area contributed by atoms with Gasteiger partial charge in [0, 0.05) is 12.4 Å². The van der Waals surface area contributed by atoms with Gasteiger partial charge < -0.3 is 0 Å². The Morgan fingerprint density at radius 1 is 1.11 bits per heavy atom. The number of fused-ring (bicyclic) bond motifs is 1. The fourth-order valence-electron chi connectivity index (χ4n) is 2.17. The van der Waals surface area contributed by atoms with Crippen molar-refractivity contribution in [2.24, 2.45) is 0 Å². The molecular weight excluding hydrogens is 356 g/mol. The summed E-state index contributed by atoms with van der Waals surface area (Å²) in [6.45, 7) is 2.14. The van der Waals surface area contributed by atoms with Crippen LogP contribution in [-0.4, -0.2) is 4.98 Å². The molecule has 1 heterocycles. The minimum atomic E-state index is -0.826. The van der Waals surface area contributed by atoms with Crippen molar-refractivity contribution in [3.05, 3.63) is 60.4 Å². The molecule has 0 bridgehead atoms. The Morgan fingerprint density at radius 2 is 1.79 bits per heavy atom. The van der Waals surface area contributed by atoms with Crippen molar-refractivity contribution in [1.82, 2.24) is 4.98 Å². The molecule has 0 radical (unpaired) electrons. The number of aryl methyl sites for hydroxylation is 1. The van der Waals surface area contributed by atoms with Crippen LogP contribution in [-0.2, 0) is 20.8 Å². The number of pyridine rings is 1. The predicted octanol–water partition coefficient (Wildman–Crippen LogP) is 5.31. The van der Waals surface area contributed by atoms with Gasteiger partial charge in [0.05, 0.1) is 0 Å². The van der Waals surface area contributed by atoms with Crippen molar-refractivity contribution in [2.45, 2.75) is 6.92 Å². The van der Waals surface area contributed by atoms with Crippen LogP contribution in [0.1, 0.15) is 5.56 Å². The fraction of sp³-hybridized carbons (Fsp3) is 0.0667. The van der Waals surface area contributed by atoms with Gasteiger partial charge in [0.1, 0.15) is 0 Å². The summed E-state index contributed by atoms with van der Waals surface area (Å²) in [5.41, 5.74) is 3.83. The minimum absolute atomic E-state index is 0.826. The van der Waals surface area contributed by atoms with Gasteiger partial charge in [-0.1, -0.05) is 18.6 Å². The predicted molar refractivity (Wildman–Crippen MR) is 79.2 cm³/mol. The zero-order valence-electron chi connectivity index (χ0n) is 10.4. The molecule has 0 fully saturated rings. The molecule has 0 aliphatic rings. The molecule has 0 aliphatic heterocycles. The number of nitrogens with zero attached hydrogens (tertiary/aromatic N) is 1. The summed E-state index contributed by atoms with van der Waals surface area (Å²) in [4.78, 5) is 4.06. The standard InChI is InChI=1S/C15H12N.2ClH.Zr/c1-11-9-13-3-2-4-14(15(13)10-11)12-5-7-16-8-6-12;;;/h2-10H,1H3;2*1H;/q-1;;;+2/p-2. The molecular formula is C15H12Cl2NZr-. The van der Waals surface area contributed by atoms with Crippen LogP contribution in [0.5, 0.6) is 0 Å². The number of hydrogen-bond acceptors (Lipinski definition) is 1. The van der Waals surface area contributed by atoms with E-state index in [1.54, 1.807) is 0 Å². The van der Waals surface area contributed by atoms with Gasteiger partial charge in [-0.15, -0.1) is 34.5 Å². The summed E-state index contributed by atoms with van der Waals surface area (Å²) in [5, 5.41) is 2.64. The van der Waals surface area contributed by atoms with E-state index in [1.807, 2.05) is 12.4 Å². The first-order valence-corrected chi connectivity index (χ1v) is 12.1. The van der Waals surface area contributed by atoms with E-state index in [0.29, 0.717) is 0 Å². The molecule has 0 atom stereocenters. The average Bonchev–Trinajstić information content (AvgIpc) is 2.80. The number of rotatable bonds is 1. The molecule has 0 saturated heterocycles. The van der Waals surface area contributed by atoms with E-state index in [1.165, 1.54) is 27.5 Å². The van der Waals surface area contributed by atoms with E-state index >= 15 is 0 Å². The molecule has 0 aliphatic carbocycles. The first-order chi connectivity index (χ1) is 9.26. The van der Waals surface area contributed by atoms with Gasteiger partial charge >= 0.3 is 37.9 Å². The summed E-state index contributed by atoms with van der Waals surface area (Å²) in [6, 6.07) is 15.0. The van der Waals surface area contributed by atoms with Gasteiger partial charge in [-0.25, -0.2) is 0 Å². The summed E-state index contributed by atoms with van der Waals surface area (Å²) >= 11 is -0.826. The van der Waals surface area contributed by atoms with Crippen LogP contribution in [0.2, 0.25) is 0 Å². The molecule has 0 saturated carbocycles. The third-order valence-electron chi connectivity index (χ3n) is 2.89. The monoisotopic (exact) mass is 366 g/mol. The third kappa shape index (κ3) is 3.72. The van der Waals surface area contributed by atoms with E-state index in [0.717, 1.165) is 0 Å². The van der Waals surface area contributed by atoms with Crippen molar-refractivity contribution in [3.8, 4) is 11.1 Å². The molecule has 0 spiro atoms. The molecule has 0 unspecified atom stereocenters. The van der Waals surface area contributed by atoms with Gasteiger partial charge in [0.2, 0.25) is 0 Å². The second-order valence-electron chi connectivity index (χ2n) is 4.15. The van der Waals surface area contributed by atoms with Crippen LogP contribution < -0.4 is 0 Å². The number of benzene rings is 1.